The van der Waals surface area contributed by atoms with Gasteiger partial charge < -0.3 is 14.2 Å². The molecular formula is C25H19BrO4. The van der Waals surface area contributed by atoms with Gasteiger partial charge in [-0.1, -0.05) is 40.2 Å². The Kier molecular flexibility index (Phi) is 6.00. The maximum absolute atomic E-state index is 12.2. The highest BCUT2D eigenvalue weighted by atomic mass is 79.9. The number of carbonyl (C=O) groups is 1. The molecule has 3 aromatic rings. The summed E-state index contributed by atoms with van der Waals surface area (Å²) in [6.07, 6.45) is 3.56. The third-order valence-corrected chi connectivity index (χ3v) is 5.15. The second-order valence-corrected chi connectivity index (χ2v) is 7.63. The molecule has 30 heavy (non-hydrogen) atoms. The van der Waals surface area contributed by atoms with E-state index >= 15 is 0 Å². The lowest BCUT2D eigenvalue weighted by Gasteiger charge is -2.06. The first-order valence-corrected chi connectivity index (χ1v) is 10.2. The van der Waals surface area contributed by atoms with Gasteiger partial charge in [0.25, 0.3) is 0 Å². The minimum Gasteiger partial charge on any atom is -0.497 e. The van der Waals surface area contributed by atoms with Crippen LogP contribution in [0.2, 0.25) is 0 Å². The van der Waals surface area contributed by atoms with Gasteiger partial charge in [-0.25, -0.2) is 4.79 Å². The SMILES string of the molecule is COc1ccc(C2=C/C(=C\c3ccc(OCc4ccc(Br)cc4)cc3)C(=O)O2)cc1. The molecule has 0 radical (unpaired) electrons. The zero-order chi connectivity index (χ0) is 20.9. The van der Waals surface area contributed by atoms with E-state index in [4.69, 9.17) is 14.2 Å². The highest BCUT2D eigenvalue weighted by Gasteiger charge is 2.21. The molecular weight excluding hydrogens is 444 g/mol. The van der Waals surface area contributed by atoms with Crippen LogP contribution in [-0.2, 0) is 16.1 Å². The summed E-state index contributed by atoms with van der Waals surface area (Å²) >= 11 is 3.42. The van der Waals surface area contributed by atoms with Crippen LogP contribution < -0.4 is 9.47 Å². The maximum Gasteiger partial charge on any atom is 0.343 e. The van der Waals surface area contributed by atoms with Gasteiger partial charge >= 0.3 is 5.97 Å². The molecule has 5 heteroatoms. The van der Waals surface area contributed by atoms with Gasteiger partial charge in [-0.2, -0.15) is 0 Å². The second-order valence-electron chi connectivity index (χ2n) is 6.71. The fraction of sp³-hybridized carbons (Fsp3) is 0.0800. The van der Waals surface area contributed by atoms with E-state index in [0.717, 1.165) is 32.7 Å². The summed E-state index contributed by atoms with van der Waals surface area (Å²) in [7, 11) is 1.61. The Balaban J connectivity index is 1.43. The Morgan fingerprint density at radius 2 is 1.57 bits per heavy atom. The van der Waals surface area contributed by atoms with Gasteiger partial charge in [-0.05, 0) is 71.8 Å². The fourth-order valence-electron chi connectivity index (χ4n) is 2.97. The van der Waals surface area contributed by atoms with Crippen molar-refractivity contribution in [2.24, 2.45) is 0 Å². The molecule has 4 nitrogen and oxygen atoms in total. The Bertz CT molecular complexity index is 1100. The topological polar surface area (TPSA) is 44.8 Å². The van der Waals surface area contributed by atoms with Gasteiger partial charge in [0, 0.05) is 10.0 Å². The van der Waals surface area contributed by atoms with Gasteiger partial charge in [0.2, 0.25) is 0 Å². The molecule has 0 bridgehead atoms. The Labute approximate surface area is 183 Å². The lowest BCUT2D eigenvalue weighted by atomic mass is 10.1. The van der Waals surface area contributed by atoms with Gasteiger partial charge in [-0.15, -0.1) is 0 Å². The molecule has 1 aliphatic heterocycles. The first-order chi connectivity index (χ1) is 14.6. The molecule has 0 N–H and O–H groups in total. The number of hydrogen-bond acceptors (Lipinski definition) is 4. The molecule has 4 rings (SSSR count). The zero-order valence-electron chi connectivity index (χ0n) is 16.3. The van der Waals surface area contributed by atoms with Crippen molar-refractivity contribution in [2.75, 3.05) is 7.11 Å². The van der Waals surface area contributed by atoms with Gasteiger partial charge in [-0.3, -0.25) is 0 Å². The number of methoxy groups -OCH3 is 1. The van der Waals surface area contributed by atoms with E-state index in [1.54, 1.807) is 19.3 Å². The quantitative estimate of drug-likeness (QED) is 0.332. The summed E-state index contributed by atoms with van der Waals surface area (Å²) in [6, 6.07) is 23.0. The third-order valence-electron chi connectivity index (χ3n) is 4.62. The lowest BCUT2D eigenvalue weighted by Crippen LogP contribution is -1.97. The molecule has 0 aliphatic carbocycles. The van der Waals surface area contributed by atoms with Gasteiger partial charge in [0.05, 0.1) is 12.7 Å². The fourth-order valence-corrected chi connectivity index (χ4v) is 3.24. The lowest BCUT2D eigenvalue weighted by molar-refractivity contribution is -0.130. The molecule has 0 atom stereocenters. The number of hydrogen-bond donors (Lipinski definition) is 0. The number of halogens is 1. The molecule has 0 fully saturated rings. The van der Waals surface area contributed by atoms with Crippen LogP contribution in [0.25, 0.3) is 11.8 Å². The minimum atomic E-state index is -0.364. The van der Waals surface area contributed by atoms with E-state index in [9.17, 15) is 4.79 Å². The van der Waals surface area contributed by atoms with E-state index < -0.39 is 0 Å². The predicted octanol–water partition coefficient (Wildman–Crippen LogP) is 6.02. The normalized spacial score (nSPS) is 14.4. The minimum absolute atomic E-state index is 0.364. The summed E-state index contributed by atoms with van der Waals surface area (Å²) in [5.41, 5.74) is 3.31. The molecule has 0 unspecified atom stereocenters. The van der Waals surface area contributed by atoms with Crippen molar-refractivity contribution in [1.29, 1.82) is 0 Å². The number of benzene rings is 3. The molecule has 0 spiro atoms. The van der Waals surface area contributed by atoms with Crippen LogP contribution in [0, 0.1) is 0 Å². The Morgan fingerprint density at radius 3 is 2.23 bits per heavy atom. The van der Waals surface area contributed by atoms with Crippen molar-refractivity contribution < 1.29 is 19.0 Å². The molecule has 3 aromatic carbocycles. The zero-order valence-corrected chi connectivity index (χ0v) is 17.9. The van der Waals surface area contributed by atoms with Crippen molar-refractivity contribution >= 4 is 33.7 Å². The van der Waals surface area contributed by atoms with Crippen molar-refractivity contribution in [1.82, 2.24) is 0 Å². The number of cyclic esters (lactones) is 1. The van der Waals surface area contributed by atoms with Gasteiger partial charge in [0.1, 0.15) is 23.9 Å². The summed E-state index contributed by atoms with van der Waals surface area (Å²) in [4.78, 5) is 12.2. The number of carbonyl (C=O) groups excluding carboxylic acids is 1. The molecule has 150 valence electrons. The molecule has 1 heterocycles. The first-order valence-electron chi connectivity index (χ1n) is 9.38. The van der Waals surface area contributed by atoms with Crippen molar-refractivity contribution in [3.8, 4) is 11.5 Å². The molecule has 0 amide bonds. The average Bonchev–Trinajstić information content (AvgIpc) is 3.14. The standard InChI is InChI=1S/C25H19BrO4/c1-28-22-12-6-19(7-13-22)24-15-20(25(27)30-24)14-17-4-10-23(11-5-17)29-16-18-2-8-21(26)9-3-18/h2-15H,16H2,1H3/b20-14+. The Hall–Kier alpha value is -3.31. The largest absolute Gasteiger partial charge is 0.497 e. The van der Waals surface area contributed by atoms with Crippen LogP contribution in [0.1, 0.15) is 16.7 Å². The Morgan fingerprint density at radius 1 is 0.900 bits per heavy atom. The van der Waals surface area contributed by atoms with Crippen LogP contribution in [0.15, 0.2) is 88.9 Å². The number of ether oxygens (including phenoxy) is 3. The molecule has 0 saturated heterocycles. The van der Waals surface area contributed by atoms with E-state index in [-0.39, 0.29) is 5.97 Å². The molecule has 0 aromatic heterocycles. The van der Waals surface area contributed by atoms with Crippen LogP contribution in [0.4, 0.5) is 0 Å². The van der Waals surface area contributed by atoms with Crippen LogP contribution in [-0.4, -0.2) is 13.1 Å². The van der Waals surface area contributed by atoms with Crippen LogP contribution in [0.3, 0.4) is 0 Å². The van der Waals surface area contributed by atoms with Crippen molar-refractivity contribution in [3.63, 3.8) is 0 Å². The number of rotatable bonds is 6. The van der Waals surface area contributed by atoms with Crippen molar-refractivity contribution in [2.45, 2.75) is 6.61 Å². The van der Waals surface area contributed by atoms with Crippen LogP contribution >= 0.6 is 15.9 Å². The smallest absolute Gasteiger partial charge is 0.343 e. The second kappa shape index (κ2) is 9.01. The third kappa shape index (κ3) is 4.81. The van der Waals surface area contributed by atoms with Gasteiger partial charge in [0.15, 0.2) is 0 Å². The van der Waals surface area contributed by atoms with Crippen LogP contribution in [0.5, 0.6) is 11.5 Å². The van der Waals surface area contributed by atoms with E-state index in [0.29, 0.717) is 17.9 Å². The highest BCUT2D eigenvalue weighted by Crippen LogP contribution is 2.29. The van der Waals surface area contributed by atoms with E-state index in [2.05, 4.69) is 15.9 Å². The molecule has 0 saturated carbocycles. The highest BCUT2D eigenvalue weighted by molar-refractivity contribution is 9.10. The first kappa shape index (κ1) is 20.0. The summed E-state index contributed by atoms with van der Waals surface area (Å²) in [5, 5.41) is 0. The summed E-state index contributed by atoms with van der Waals surface area (Å²) in [6.45, 7) is 0.494. The molecule has 1 aliphatic rings. The average molecular weight is 463 g/mol. The predicted molar refractivity (Wildman–Crippen MR) is 120 cm³/mol. The number of esters is 1. The van der Waals surface area contributed by atoms with E-state index in [1.165, 1.54) is 0 Å². The van der Waals surface area contributed by atoms with Crippen molar-refractivity contribution in [3.05, 3.63) is 106 Å². The van der Waals surface area contributed by atoms with E-state index in [1.807, 2.05) is 72.8 Å². The maximum atomic E-state index is 12.2. The monoisotopic (exact) mass is 462 g/mol. The summed E-state index contributed by atoms with van der Waals surface area (Å²) in [5.74, 6) is 1.69. The summed E-state index contributed by atoms with van der Waals surface area (Å²) < 4.78 is 17.4.